The van der Waals surface area contributed by atoms with E-state index in [1.165, 1.54) is 20.1 Å². The highest BCUT2D eigenvalue weighted by Gasteiger charge is 2.25. The molecule has 1 rings (SSSR count). The molecule has 20 heavy (non-hydrogen) atoms. The van der Waals surface area contributed by atoms with E-state index in [1.807, 2.05) is 27.7 Å². The lowest BCUT2D eigenvalue weighted by atomic mass is 10.1. The second-order valence-electron chi connectivity index (χ2n) is 5.02. The Bertz CT molecular complexity index is 492. The lowest BCUT2D eigenvalue weighted by Gasteiger charge is -2.21. The summed E-state index contributed by atoms with van der Waals surface area (Å²) in [6.07, 6.45) is -0.269. The molecule has 0 fully saturated rings. The van der Waals surface area contributed by atoms with Gasteiger partial charge < -0.3 is 19.3 Å². The van der Waals surface area contributed by atoms with Crippen LogP contribution in [0.25, 0.3) is 0 Å². The number of ketones is 1. The molecule has 0 aliphatic heterocycles. The van der Waals surface area contributed by atoms with Gasteiger partial charge in [0, 0.05) is 6.07 Å². The predicted octanol–water partition coefficient (Wildman–Crippen LogP) is 3.18. The molecule has 112 valence electrons. The third-order valence-electron chi connectivity index (χ3n) is 2.45. The van der Waals surface area contributed by atoms with E-state index in [0.29, 0.717) is 11.5 Å². The molecular formula is C15H22O5. The van der Waals surface area contributed by atoms with Crippen LogP contribution in [0.5, 0.6) is 23.0 Å². The van der Waals surface area contributed by atoms with E-state index in [-0.39, 0.29) is 35.1 Å². The fraction of sp³-hybridized carbons (Fsp3) is 0.533. The fourth-order valence-electron chi connectivity index (χ4n) is 1.83. The van der Waals surface area contributed by atoms with E-state index < -0.39 is 0 Å². The summed E-state index contributed by atoms with van der Waals surface area (Å²) >= 11 is 0. The Hall–Kier alpha value is -1.91. The van der Waals surface area contributed by atoms with Crippen molar-refractivity contribution in [3.05, 3.63) is 11.6 Å². The standard InChI is InChI=1S/C15H22O5/c1-8(2)19-12-7-11(17)13(10(5)16)15(14(12)18-6)20-9(3)4/h7-9,17H,1-6H3. The van der Waals surface area contributed by atoms with Gasteiger partial charge in [0.1, 0.15) is 11.3 Å². The minimum Gasteiger partial charge on any atom is -0.507 e. The van der Waals surface area contributed by atoms with Gasteiger partial charge in [0.25, 0.3) is 0 Å². The monoisotopic (exact) mass is 282 g/mol. The summed E-state index contributed by atoms with van der Waals surface area (Å²) in [7, 11) is 1.47. The highest BCUT2D eigenvalue weighted by molar-refractivity contribution is 6.01. The minimum atomic E-state index is -0.299. The van der Waals surface area contributed by atoms with Crippen molar-refractivity contribution in [3.8, 4) is 23.0 Å². The number of methoxy groups -OCH3 is 1. The molecule has 0 atom stereocenters. The molecular weight excluding hydrogens is 260 g/mol. The molecule has 0 radical (unpaired) electrons. The number of phenolic OH excluding ortho intramolecular Hbond substituents is 1. The molecule has 0 bridgehead atoms. The first kappa shape index (κ1) is 16.1. The quantitative estimate of drug-likeness (QED) is 0.812. The zero-order valence-electron chi connectivity index (χ0n) is 12.8. The number of aromatic hydroxyl groups is 1. The van der Waals surface area contributed by atoms with E-state index in [1.54, 1.807) is 0 Å². The van der Waals surface area contributed by atoms with Gasteiger partial charge in [0.2, 0.25) is 5.75 Å². The van der Waals surface area contributed by atoms with Gasteiger partial charge in [-0.05, 0) is 34.6 Å². The van der Waals surface area contributed by atoms with Crippen molar-refractivity contribution in [2.24, 2.45) is 0 Å². The molecule has 1 aromatic rings. The highest BCUT2D eigenvalue weighted by atomic mass is 16.5. The van der Waals surface area contributed by atoms with Crippen molar-refractivity contribution < 1.29 is 24.1 Å². The third kappa shape index (κ3) is 3.56. The van der Waals surface area contributed by atoms with Crippen molar-refractivity contribution in [2.75, 3.05) is 7.11 Å². The molecule has 0 aliphatic carbocycles. The van der Waals surface area contributed by atoms with Gasteiger partial charge in [-0.2, -0.15) is 0 Å². The van der Waals surface area contributed by atoms with Crippen molar-refractivity contribution in [2.45, 2.75) is 46.8 Å². The van der Waals surface area contributed by atoms with Gasteiger partial charge in [-0.15, -0.1) is 0 Å². The Kier molecular flexibility index (Phi) is 5.25. The van der Waals surface area contributed by atoms with Crippen LogP contribution in [0.2, 0.25) is 0 Å². The number of hydrogen-bond donors (Lipinski definition) is 1. The van der Waals surface area contributed by atoms with Crippen molar-refractivity contribution >= 4 is 5.78 Å². The normalized spacial score (nSPS) is 10.8. The molecule has 0 amide bonds. The third-order valence-corrected chi connectivity index (χ3v) is 2.45. The van der Waals surface area contributed by atoms with E-state index >= 15 is 0 Å². The summed E-state index contributed by atoms with van der Waals surface area (Å²) < 4.78 is 16.6. The molecule has 0 spiro atoms. The number of hydrogen-bond acceptors (Lipinski definition) is 5. The van der Waals surface area contributed by atoms with Crippen LogP contribution in [-0.2, 0) is 0 Å². The summed E-state index contributed by atoms with van der Waals surface area (Å²) in [6, 6.07) is 1.38. The average molecular weight is 282 g/mol. The molecule has 5 nitrogen and oxygen atoms in total. The van der Waals surface area contributed by atoms with Crippen LogP contribution in [0.3, 0.4) is 0 Å². The zero-order valence-corrected chi connectivity index (χ0v) is 12.8. The molecule has 0 aliphatic rings. The van der Waals surface area contributed by atoms with Crippen LogP contribution < -0.4 is 14.2 Å². The van der Waals surface area contributed by atoms with E-state index in [0.717, 1.165) is 0 Å². The summed E-state index contributed by atoms with van der Waals surface area (Å²) in [5.41, 5.74) is 0.103. The second-order valence-corrected chi connectivity index (χ2v) is 5.02. The van der Waals surface area contributed by atoms with E-state index in [9.17, 15) is 9.90 Å². The number of phenols is 1. The smallest absolute Gasteiger partial charge is 0.204 e. The fourth-order valence-corrected chi connectivity index (χ4v) is 1.83. The van der Waals surface area contributed by atoms with Crippen LogP contribution in [0.4, 0.5) is 0 Å². The molecule has 1 N–H and O–H groups in total. The highest BCUT2D eigenvalue weighted by Crippen LogP contribution is 2.45. The zero-order chi connectivity index (χ0) is 15.4. The minimum absolute atomic E-state index is 0.0987. The van der Waals surface area contributed by atoms with Crippen LogP contribution in [0, 0.1) is 0 Å². The number of ether oxygens (including phenoxy) is 3. The molecule has 0 heterocycles. The van der Waals surface area contributed by atoms with Gasteiger partial charge in [-0.3, -0.25) is 4.79 Å². The maximum Gasteiger partial charge on any atom is 0.204 e. The van der Waals surface area contributed by atoms with Crippen LogP contribution in [0.1, 0.15) is 45.0 Å². The molecule has 0 saturated carbocycles. The Labute approximate surface area is 119 Å². The first-order valence-electron chi connectivity index (χ1n) is 6.56. The molecule has 5 heteroatoms. The SMILES string of the molecule is COc1c(OC(C)C)cc(O)c(C(C)=O)c1OC(C)C. The van der Waals surface area contributed by atoms with Crippen LogP contribution >= 0.6 is 0 Å². The molecule has 1 aromatic carbocycles. The number of benzene rings is 1. The molecule has 0 aromatic heterocycles. The summed E-state index contributed by atoms with van der Waals surface area (Å²) in [5.74, 6) is 0.402. The van der Waals surface area contributed by atoms with Crippen molar-refractivity contribution in [3.63, 3.8) is 0 Å². The van der Waals surface area contributed by atoms with Gasteiger partial charge in [0.05, 0.1) is 19.3 Å². The maximum absolute atomic E-state index is 11.7. The van der Waals surface area contributed by atoms with E-state index in [2.05, 4.69) is 0 Å². The second kappa shape index (κ2) is 6.50. The Balaban J connectivity index is 3.52. The Morgan fingerprint density at radius 2 is 1.65 bits per heavy atom. The Morgan fingerprint density at radius 3 is 2.05 bits per heavy atom. The first-order valence-corrected chi connectivity index (χ1v) is 6.56. The maximum atomic E-state index is 11.7. The number of carbonyl (C=O) groups excluding carboxylic acids is 1. The van der Waals surface area contributed by atoms with Gasteiger partial charge >= 0.3 is 0 Å². The number of rotatable bonds is 6. The van der Waals surface area contributed by atoms with Crippen molar-refractivity contribution in [1.29, 1.82) is 0 Å². The molecule has 0 saturated heterocycles. The Morgan fingerprint density at radius 1 is 1.10 bits per heavy atom. The van der Waals surface area contributed by atoms with Gasteiger partial charge in [0.15, 0.2) is 17.3 Å². The topological polar surface area (TPSA) is 65.0 Å². The number of carbonyl (C=O) groups is 1. The average Bonchev–Trinajstić information content (AvgIpc) is 2.26. The number of Topliss-reactive ketones (excluding diaryl/α,β-unsaturated/α-hetero) is 1. The lowest BCUT2D eigenvalue weighted by Crippen LogP contribution is -2.13. The summed E-state index contributed by atoms with van der Waals surface area (Å²) in [5, 5.41) is 10.1. The van der Waals surface area contributed by atoms with E-state index in [4.69, 9.17) is 14.2 Å². The summed E-state index contributed by atoms with van der Waals surface area (Å²) in [6.45, 7) is 8.74. The van der Waals surface area contributed by atoms with Gasteiger partial charge in [-0.1, -0.05) is 0 Å². The van der Waals surface area contributed by atoms with Crippen LogP contribution in [-0.4, -0.2) is 30.2 Å². The first-order chi connectivity index (χ1) is 9.27. The predicted molar refractivity (Wildman–Crippen MR) is 76.2 cm³/mol. The van der Waals surface area contributed by atoms with Gasteiger partial charge in [-0.25, -0.2) is 0 Å². The summed E-state index contributed by atoms with van der Waals surface area (Å²) in [4.78, 5) is 11.7. The largest absolute Gasteiger partial charge is 0.507 e. The van der Waals surface area contributed by atoms with Crippen molar-refractivity contribution in [1.82, 2.24) is 0 Å². The molecule has 0 unspecified atom stereocenters. The lowest BCUT2D eigenvalue weighted by molar-refractivity contribution is 0.100. The van der Waals surface area contributed by atoms with Crippen LogP contribution in [0.15, 0.2) is 6.07 Å².